The topological polar surface area (TPSA) is 93.0 Å². The molecule has 1 atom stereocenters. The number of methoxy groups -OCH3 is 1. The zero-order valence-electron chi connectivity index (χ0n) is 16.8. The van der Waals surface area contributed by atoms with Gasteiger partial charge in [0.1, 0.15) is 11.3 Å². The van der Waals surface area contributed by atoms with Crippen molar-refractivity contribution >= 4 is 28.0 Å². The van der Waals surface area contributed by atoms with Crippen molar-refractivity contribution in [1.29, 1.82) is 0 Å². The molecule has 0 saturated heterocycles. The van der Waals surface area contributed by atoms with Gasteiger partial charge in [0.2, 0.25) is 0 Å². The van der Waals surface area contributed by atoms with E-state index in [9.17, 15) is 4.79 Å². The number of carbonyl (C=O) groups excluding carboxylic acids is 1. The van der Waals surface area contributed by atoms with Gasteiger partial charge in [-0.15, -0.1) is 0 Å². The lowest BCUT2D eigenvalue weighted by Crippen LogP contribution is -2.28. The first kappa shape index (κ1) is 19.1. The summed E-state index contributed by atoms with van der Waals surface area (Å²) in [4.78, 5) is 25.2. The number of aromatic nitrogens is 3. The Labute approximate surface area is 168 Å². The Morgan fingerprint density at radius 3 is 2.83 bits per heavy atom. The van der Waals surface area contributed by atoms with Gasteiger partial charge >= 0.3 is 0 Å². The van der Waals surface area contributed by atoms with Crippen molar-refractivity contribution in [1.82, 2.24) is 20.3 Å². The molecule has 29 heavy (non-hydrogen) atoms. The number of aryl methyl sites for hydroxylation is 1. The second-order valence-electron chi connectivity index (χ2n) is 7.11. The zero-order valence-corrected chi connectivity index (χ0v) is 16.8. The summed E-state index contributed by atoms with van der Waals surface area (Å²) in [5.41, 5.74) is 4.88. The van der Waals surface area contributed by atoms with E-state index in [1.165, 1.54) is 0 Å². The summed E-state index contributed by atoms with van der Waals surface area (Å²) >= 11 is 0. The number of fused-ring (bicyclic) bond motifs is 2. The van der Waals surface area contributed by atoms with Crippen molar-refractivity contribution < 1.29 is 13.9 Å². The number of rotatable bonds is 7. The summed E-state index contributed by atoms with van der Waals surface area (Å²) < 4.78 is 10.8. The maximum Gasteiger partial charge on any atom is 0.252 e. The van der Waals surface area contributed by atoms with Crippen LogP contribution in [-0.4, -0.2) is 34.6 Å². The van der Waals surface area contributed by atoms with E-state index in [4.69, 9.17) is 9.15 Å². The predicted molar refractivity (Wildman–Crippen MR) is 111 cm³/mol. The Bertz CT molecular complexity index is 1160. The number of nitrogens with one attached hydrogen (secondary N) is 2. The summed E-state index contributed by atoms with van der Waals surface area (Å²) in [5.74, 6) is 1.18. The third kappa shape index (κ3) is 4.00. The number of nitrogens with zero attached hydrogens (tertiary/aromatic N) is 2. The second-order valence-corrected chi connectivity index (χ2v) is 7.11. The second kappa shape index (κ2) is 8.05. The van der Waals surface area contributed by atoms with Gasteiger partial charge in [-0.05, 0) is 49.2 Å². The predicted octanol–water partition coefficient (Wildman–Crippen LogP) is 4.08. The molecule has 4 aromatic rings. The Balaban J connectivity index is 1.54. The van der Waals surface area contributed by atoms with Gasteiger partial charge in [0.15, 0.2) is 11.5 Å². The van der Waals surface area contributed by atoms with Crippen LogP contribution in [0.3, 0.4) is 0 Å². The maximum atomic E-state index is 12.8. The van der Waals surface area contributed by atoms with Crippen molar-refractivity contribution in [3.8, 4) is 0 Å². The summed E-state index contributed by atoms with van der Waals surface area (Å²) in [6.45, 7) is 4.60. The Morgan fingerprint density at radius 1 is 1.21 bits per heavy atom. The molecule has 0 radical (unpaired) electrons. The van der Waals surface area contributed by atoms with Crippen molar-refractivity contribution in [2.75, 3.05) is 13.7 Å². The van der Waals surface area contributed by atoms with Gasteiger partial charge in [-0.25, -0.2) is 9.97 Å². The molecule has 150 valence electrons. The standard InChI is InChI=1S/C22H24N4O3/c1-4-15(21-24-16-7-5-13(2)11-18(16)25-21)26-22(27)14-6-8-17-19(12-14)29-20(23-17)9-10-28-3/h5-8,11-12,15H,4,9-10H2,1-3H3,(H,24,25)(H,26,27). The third-order valence-electron chi connectivity index (χ3n) is 4.91. The molecule has 2 aromatic carbocycles. The van der Waals surface area contributed by atoms with E-state index in [0.717, 1.165) is 34.4 Å². The van der Waals surface area contributed by atoms with E-state index in [1.54, 1.807) is 25.3 Å². The largest absolute Gasteiger partial charge is 0.441 e. The molecule has 0 bridgehead atoms. The van der Waals surface area contributed by atoms with Crippen molar-refractivity contribution in [2.45, 2.75) is 32.7 Å². The van der Waals surface area contributed by atoms with Gasteiger partial charge in [-0.3, -0.25) is 4.79 Å². The first-order valence-corrected chi connectivity index (χ1v) is 9.73. The number of aromatic amines is 1. The normalized spacial score (nSPS) is 12.5. The minimum Gasteiger partial charge on any atom is -0.441 e. The molecule has 0 fully saturated rings. The van der Waals surface area contributed by atoms with Crippen molar-refractivity contribution in [3.63, 3.8) is 0 Å². The molecule has 0 spiro atoms. The van der Waals surface area contributed by atoms with E-state index >= 15 is 0 Å². The minimum atomic E-state index is -0.210. The average molecular weight is 392 g/mol. The highest BCUT2D eigenvalue weighted by Crippen LogP contribution is 2.21. The van der Waals surface area contributed by atoms with Crippen LogP contribution in [0.4, 0.5) is 0 Å². The van der Waals surface area contributed by atoms with Crippen LogP contribution in [-0.2, 0) is 11.2 Å². The molecule has 0 saturated carbocycles. The lowest BCUT2D eigenvalue weighted by atomic mass is 10.1. The summed E-state index contributed by atoms with van der Waals surface area (Å²) in [7, 11) is 1.64. The van der Waals surface area contributed by atoms with Crippen LogP contribution in [0.1, 0.15) is 47.0 Å². The average Bonchev–Trinajstić information content (AvgIpc) is 3.32. The third-order valence-corrected chi connectivity index (χ3v) is 4.91. The summed E-state index contributed by atoms with van der Waals surface area (Å²) in [5, 5.41) is 3.07. The molecule has 7 nitrogen and oxygen atoms in total. The van der Waals surface area contributed by atoms with Gasteiger partial charge in [0.05, 0.1) is 23.7 Å². The molecule has 0 aliphatic heterocycles. The minimum absolute atomic E-state index is 0.176. The van der Waals surface area contributed by atoms with Crippen LogP contribution < -0.4 is 5.32 Å². The number of H-pyrrole nitrogens is 1. The van der Waals surface area contributed by atoms with Gasteiger partial charge in [0.25, 0.3) is 5.91 Å². The quantitative estimate of drug-likeness (QED) is 0.494. The number of hydrogen-bond donors (Lipinski definition) is 2. The monoisotopic (exact) mass is 392 g/mol. The smallest absolute Gasteiger partial charge is 0.252 e. The molecule has 1 amide bonds. The fraction of sp³-hybridized carbons (Fsp3) is 0.318. The van der Waals surface area contributed by atoms with Crippen LogP contribution >= 0.6 is 0 Å². The molecular weight excluding hydrogens is 368 g/mol. The highest BCUT2D eigenvalue weighted by molar-refractivity contribution is 5.97. The van der Waals surface area contributed by atoms with Crippen LogP contribution in [0.15, 0.2) is 40.8 Å². The number of imidazole rings is 1. The molecule has 2 heterocycles. The first-order chi connectivity index (χ1) is 14.1. The van der Waals surface area contributed by atoms with E-state index in [2.05, 4.69) is 26.3 Å². The molecule has 0 aliphatic carbocycles. The first-order valence-electron chi connectivity index (χ1n) is 9.73. The number of amides is 1. The molecule has 4 rings (SSSR count). The molecule has 0 aliphatic rings. The van der Waals surface area contributed by atoms with Crippen LogP contribution in [0.2, 0.25) is 0 Å². The highest BCUT2D eigenvalue weighted by atomic mass is 16.5. The van der Waals surface area contributed by atoms with E-state index in [0.29, 0.717) is 30.1 Å². The van der Waals surface area contributed by atoms with Crippen LogP contribution in [0.5, 0.6) is 0 Å². The summed E-state index contributed by atoms with van der Waals surface area (Å²) in [6.07, 6.45) is 1.31. The van der Waals surface area contributed by atoms with Gasteiger partial charge in [-0.1, -0.05) is 13.0 Å². The lowest BCUT2D eigenvalue weighted by molar-refractivity contribution is 0.0934. The molecule has 2 N–H and O–H groups in total. The zero-order chi connectivity index (χ0) is 20.4. The number of benzene rings is 2. The number of ether oxygens (including phenoxy) is 1. The van der Waals surface area contributed by atoms with Gasteiger partial charge in [0, 0.05) is 19.1 Å². The van der Waals surface area contributed by atoms with Gasteiger partial charge in [-0.2, -0.15) is 0 Å². The van der Waals surface area contributed by atoms with E-state index in [-0.39, 0.29) is 11.9 Å². The fourth-order valence-electron chi connectivity index (χ4n) is 3.32. The van der Waals surface area contributed by atoms with Crippen LogP contribution in [0.25, 0.3) is 22.1 Å². The molecule has 1 unspecified atom stereocenters. The number of oxazole rings is 1. The Hall–Kier alpha value is -3.19. The maximum absolute atomic E-state index is 12.8. The Kier molecular flexibility index (Phi) is 5.31. The van der Waals surface area contributed by atoms with E-state index < -0.39 is 0 Å². The highest BCUT2D eigenvalue weighted by Gasteiger charge is 2.18. The van der Waals surface area contributed by atoms with Gasteiger partial charge < -0.3 is 19.5 Å². The fourth-order valence-corrected chi connectivity index (χ4v) is 3.32. The summed E-state index contributed by atoms with van der Waals surface area (Å²) in [6, 6.07) is 11.1. The Morgan fingerprint density at radius 2 is 2.03 bits per heavy atom. The number of carbonyl (C=O) groups is 1. The molecule has 2 aromatic heterocycles. The number of hydrogen-bond acceptors (Lipinski definition) is 5. The molecular formula is C22H24N4O3. The molecule has 7 heteroatoms. The lowest BCUT2D eigenvalue weighted by Gasteiger charge is -2.14. The van der Waals surface area contributed by atoms with E-state index in [1.807, 2.05) is 26.0 Å². The van der Waals surface area contributed by atoms with Crippen molar-refractivity contribution in [2.24, 2.45) is 0 Å². The SMILES string of the molecule is CCC(NC(=O)c1ccc2nc(CCOC)oc2c1)c1nc2ccc(C)cc2[nH]1. The van der Waals surface area contributed by atoms with Crippen molar-refractivity contribution in [3.05, 3.63) is 59.2 Å². The van der Waals surface area contributed by atoms with Crippen LogP contribution in [0, 0.1) is 6.92 Å².